The lowest BCUT2D eigenvalue weighted by Crippen LogP contribution is -2.51. The Hall–Kier alpha value is -0.660. The van der Waals surface area contributed by atoms with Gasteiger partial charge in [0.15, 0.2) is 0 Å². The van der Waals surface area contributed by atoms with Crippen molar-refractivity contribution in [3.8, 4) is 0 Å². The molecular formula is C12H22N2O4S. The van der Waals surface area contributed by atoms with E-state index in [0.29, 0.717) is 13.0 Å². The molecule has 2 rings (SSSR count). The highest BCUT2D eigenvalue weighted by Gasteiger charge is 2.34. The van der Waals surface area contributed by atoms with Crippen molar-refractivity contribution in [2.45, 2.75) is 57.1 Å². The van der Waals surface area contributed by atoms with Crippen LogP contribution in [0.5, 0.6) is 0 Å². The van der Waals surface area contributed by atoms with Crippen LogP contribution in [0, 0.1) is 0 Å². The summed E-state index contributed by atoms with van der Waals surface area (Å²) >= 11 is 0. The lowest BCUT2D eigenvalue weighted by atomic mass is 10.0. The molecule has 6 nitrogen and oxygen atoms in total. The Bertz CT molecular complexity index is 417. The monoisotopic (exact) mass is 290 g/mol. The first-order valence-electron chi connectivity index (χ1n) is 6.91. The van der Waals surface area contributed by atoms with Gasteiger partial charge in [0, 0.05) is 6.54 Å². The Morgan fingerprint density at radius 1 is 1.16 bits per heavy atom. The predicted octanol–water partition coefficient (Wildman–Crippen LogP) is 0.791. The average molecular weight is 290 g/mol. The number of amides is 1. The Labute approximate surface area is 114 Å². The summed E-state index contributed by atoms with van der Waals surface area (Å²) in [6, 6.07) is -0.620. The number of sulfonamides is 1. The Balaban J connectivity index is 1.91. The highest BCUT2D eigenvalue weighted by molar-refractivity contribution is 7.88. The molecule has 0 spiro atoms. The van der Waals surface area contributed by atoms with Gasteiger partial charge in [-0.3, -0.25) is 9.63 Å². The number of rotatable bonds is 4. The molecule has 0 aromatic rings. The smallest absolute Gasteiger partial charge is 0.261 e. The molecule has 1 saturated heterocycles. The van der Waals surface area contributed by atoms with E-state index >= 15 is 0 Å². The fraction of sp³-hybridized carbons (Fsp3) is 0.917. The normalized spacial score (nSPS) is 26.5. The second-order valence-corrected chi connectivity index (χ2v) is 7.31. The molecule has 1 aliphatic carbocycles. The first-order chi connectivity index (χ1) is 8.98. The molecule has 1 unspecified atom stereocenters. The number of hydrogen-bond acceptors (Lipinski definition) is 4. The second kappa shape index (κ2) is 6.19. The van der Waals surface area contributed by atoms with Gasteiger partial charge in [-0.15, -0.1) is 0 Å². The maximum Gasteiger partial charge on any atom is 0.261 e. The largest absolute Gasteiger partial charge is 0.271 e. The molecule has 0 aromatic heterocycles. The van der Waals surface area contributed by atoms with Crippen LogP contribution in [-0.4, -0.2) is 43.6 Å². The van der Waals surface area contributed by atoms with Crippen LogP contribution in [0.3, 0.4) is 0 Å². The van der Waals surface area contributed by atoms with Crippen molar-refractivity contribution >= 4 is 15.9 Å². The molecule has 0 aromatic carbocycles. The molecule has 0 radical (unpaired) electrons. The topological polar surface area (TPSA) is 75.7 Å². The molecule has 1 aliphatic heterocycles. The lowest BCUT2D eigenvalue weighted by Gasteiger charge is -2.32. The maximum absolute atomic E-state index is 12.1. The fourth-order valence-electron chi connectivity index (χ4n) is 2.78. The van der Waals surface area contributed by atoms with E-state index in [-0.39, 0.29) is 12.0 Å². The minimum atomic E-state index is -3.34. The van der Waals surface area contributed by atoms with E-state index in [9.17, 15) is 13.2 Å². The molecule has 19 heavy (non-hydrogen) atoms. The molecule has 110 valence electrons. The molecule has 1 amide bonds. The summed E-state index contributed by atoms with van der Waals surface area (Å²) in [7, 11) is -3.34. The first-order valence-corrected chi connectivity index (χ1v) is 8.75. The predicted molar refractivity (Wildman–Crippen MR) is 70.7 cm³/mol. The van der Waals surface area contributed by atoms with Gasteiger partial charge in [-0.1, -0.05) is 19.3 Å². The SMILES string of the molecule is CS(=O)(=O)N1CCCCC1C(=O)NOC1CCCC1. The van der Waals surface area contributed by atoms with Gasteiger partial charge in [0.05, 0.1) is 12.4 Å². The molecule has 2 fully saturated rings. The quantitative estimate of drug-likeness (QED) is 0.777. The summed E-state index contributed by atoms with van der Waals surface area (Å²) in [6.07, 6.45) is 7.64. The van der Waals surface area contributed by atoms with Crippen LogP contribution in [0.2, 0.25) is 0 Å². The zero-order chi connectivity index (χ0) is 13.9. The molecule has 1 atom stereocenters. The second-order valence-electron chi connectivity index (χ2n) is 5.38. The molecular weight excluding hydrogens is 268 g/mol. The van der Waals surface area contributed by atoms with Gasteiger partial charge < -0.3 is 0 Å². The van der Waals surface area contributed by atoms with Crippen LogP contribution in [0.15, 0.2) is 0 Å². The van der Waals surface area contributed by atoms with E-state index in [1.807, 2.05) is 0 Å². The third kappa shape index (κ3) is 3.90. The van der Waals surface area contributed by atoms with Crippen LogP contribution in [0.4, 0.5) is 0 Å². The van der Waals surface area contributed by atoms with Crippen molar-refractivity contribution in [1.82, 2.24) is 9.79 Å². The van der Waals surface area contributed by atoms with Gasteiger partial charge in [0.25, 0.3) is 5.91 Å². The lowest BCUT2D eigenvalue weighted by molar-refractivity contribution is -0.143. The molecule has 0 bridgehead atoms. The van der Waals surface area contributed by atoms with Crippen LogP contribution >= 0.6 is 0 Å². The van der Waals surface area contributed by atoms with E-state index < -0.39 is 16.1 Å². The van der Waals surface area contributed by atoms with E-state index in [1.54, 1.807) is 0 Å². The van der Waals surface area contributed by atoms with E-state index in [0.717, 1.165) is 44.8 Å². The van der Waals surface area contributed by atoms with E-state index in [1.165, 1.54) is 4.31 Å². The summed E-state index contributed by atoms with van der Waals surface area (Å²) in [5.41, 5.74) is 2.45. The number of carbonyl (C=O) groups is 1. The number of hydrogen-bond donors (Lipinski definition) is 1. The van der Waals surface area contributed by atoms with Gasteiger partial charge >= 0.3 is 0 Å². The molecule has 1 heterocycles. The van der Waals surface area contributed by atoms with E-state index in [2.05, 4.69) is 5.48 Å². The number of carbonyl (C=O) groups excluding carboxylic acids is 1. The zero-order valence-electron chi connectivity index (χ0n) is 11.3. The third-order valence-corrected chi connectivity index (χ3v) is 5.10. The number of nitrogens with zero attached hydrogens (tertiary/aromatic N) is 1. The van der Waals surface area contributed by atoms with Crippen molar-refractivity contribution in [3.05, 3.63) is 0 Å². The van der Waals surface area contributed by atoms with E-state index in [4.69, 9.17) is 4.84 Å². The maximum atomic E-state index is 12.1. The average Bonchev–Trinajstić information content (AvgIpc) is 2.88. The molecule has 7 heteroatoms. The summed E-state index contributed by atoms with van der Waals surface area (Å²) in [6.45, 7) is 0.417. The third-order valence-electron chi connectivity index (χ3n) is 3.81. The minimum Gasteiger partial charge on any atom is -0.271 e. The molecule has 1 N–H and O–H groups in total. The van der Waals surface area contributed by atoms with Gasteiger partial charge in [-0.05, 0) is 25.7 Å². The summed E-state index contributed by atoms with van der Waals surface area (Å²) in [5, 5.41) is 0. The number of piperidine rings is 1. The van der Waals surface area contributed by atoms with Crippen molar-refractivity contribution in [2.75, 3.05) is 12.8 Å². The number of nitrogens with one attached hydrogen (secondary N) is 1. The Morgan fingerprint density at radius 3 is 2.42 bits per heavy atom. The highest BCUT2D eigenvalue weighted by atomic mass is 32.2. The number of hydroxylamine groups is 1. The molecule has 1 saturated carbocycles. The summed E-state index contributed by atoms with van der Waals surface area (Å²) in [4.78, 5) is 17.4. The minimum absolute atomic E-state index is 0.0826. The van der Waals surface area contributed by atoms with Crippen LogP contribution in [0.1, 0.15) is 44.9 Å². The van der Waals surface area contributed by atoms with Gasteiger partial charge in [0.1, 0.15) is 6.04 Å². The summed E-state index contributed by atoms with van der Waals surface area (Å²) in [5.74, 6) is -0.336. The van der Waals surface area contributed by atoms with Gasteiger partial charge in [-0.2, -0.15) is 4.31 Å². The van der Waals surface area contributed by atoms with Crippen LogP contribution < -0.4 is 5.48 Å². The van der Waals surface area contributed by atoms with Crippen LogP contribution in [0.25, 0.3) is 0 Å². The van der Waals surface area contributed by atoms with Crippen LogP contribution in [-0.2, 0) is 19.7 Å². The van der Waals surface area contributed by atoms with Crippen molar-refractivity contribution < 1.29 is 18.0 Å². The van der Waals surface area contributed by atoms with Gasteiger partial charge in [-0.25, -0.2) is 13.9 Å². The van der Waals surface area contributed by atoms with Crippen molar-refractivity contribution in [2.24, 2.45) is 0 Å². The first kappa shape index (κ1) is 14.7. The standard InChI is InChI=1S/C12H22N2O4S/c1-19(16,17)14-9-5-4-8-11(14)12(15)13-18-10-6-2-3-7-10/h10-11H,2-9H2,1H3,(H,13,15). The van der Waals surface area contributed by atoms with Crippen molar-refractivity contribution in [3.63, 3.8) is 0 Å². The zero-order valence-corrected chi connectivity index (χ0v) is 12.1. The Morgan fingerprint density at radius 2 is 1.79 bits per heavy atom. The summed E-state index contributed by atoms with van der Waals surface area (Å²) < 4.78 is 24.6. The molecule has 2 aliphatic rings. The fourth-order valence-corrected chi connectivity index (χ4v) is 3.90. The highest BCUT2D eigenvalue weighted by Crippen LogP contribution is 2.22. The van der Waals surface area contributed by atoms with Crippen molar-refractivity contribution in [1.29, 1.82) is 0 Å². The Kier molecular flexibility index (Phi) is 4.81. The van der Waals surface area contributed by atoms with Gasteiger partial charge in [0.2, 0.25) is 10.0 Å².